The van der Waals surface area contributed by atoms with Gasteiger partial charge in [0.05, 0.1) is 18.1 Å². The predicted octanol–water partition coefficient (Wildman–Crippen LogP) is 5.88. The molecule has 2 rings (SSSR count). The molecule has 266 valence electrons. The first-order valence-electron chi connectivity index (χ1n) is 17.2. The predicted molar refractivity (Wildman–Crippen MR) is 180 cm³/mol. The van der Waals surface area contributed by atoms with Crippen LogP contribution in [0.1, 0.15) is 95.4 Å². The molecule has 45 heavy (non-hydrogen) atoms. The maximum Gasteiger partial charge on any atom is 0.309 e. The van der Waals surface area contributed by atoms with E-state index >= 15 is 0 Å². The molecule has 0 N–H and O–H groups in total. The van der Waals surface area contributed by atoms with E-state index in [4.69, 9.17) is 28.4 Å². The summed E-state index contributed by atoms with van der Waals surface area (Å²) < 4.78 is 38.4. The Hall–Kier alpha value is -0.810. The zero-order chi connectivity index (χ0) is 34.7. The molecule has 0 aromatic rings. The molecular formula is C36H70N2O7. The normalized spacial score (nSPS) is 42.5. The van der Waals surface area contributed by atoms with E-state index in [1.54, 1.807) is 21.3 Å². The largest absolute Gasteiger partial charge is 0.459 e. The van der Waals surface area contributed by atoms with E-state index in [0.29, 0.717) is 12.3 Å². The Morgan fingerprint density at radius 1 is 0.956 bits per heavy atom. The molecule has 2 heterocycles. The molecule has 0 aliphatic carbocycles. The fourth-order valence-corrected chi connectivity index (χ4v) is 8.27. The third-order valence-electron chi connectivity index (χ3n) is 11.8. The number of carbonyl (C=O) groups is 1. The first-order chi connectivity index (χ1) is 20.7. The molecule has 0 radical (unpaired) electrons. The number of esters is 1. The smallest absolute Gasteiger partial charge is 0.309 e. The molecule has 0 aromatic carbocycles. The van der Waals surface area contributed by atoms with Crippen molar-refractivity contribution in [3.8, 4) is 0 Å². The first-order valence-corrected chi connectivity index (χ1v) is 17.2. The number of methoxy groups -OCH3 is 3. The molecule has 12 unspecified atom stereocenters. The average molecular weight is 643 g/mol. The van der Waals surface area contributed by atoms with Crippen molar-refractivity contribution in [3.63, 3.8) is 0 Å². The lowest BCUT2D eigenvalue weighted by Crippen LogP contribution is -2.60. The highest BCUT2D eigenvalue weighted by Gasteiger charge is 2.52. The average Bonchev–Trinajstić information content (AvgIpc) is 2.96. The molecule has 0 bridgehead atoms. The van der Waals surface area contributed by atoms with Crippen LogP contribution in [0, 0.1) is 28.6 Å². The van der Waals surface area contributed by atoms with Gasteiger partial charge in [-0.2, -0.15) is 0 Å². The zero-order valence-corrected chi connectivity index (χ0v) is 31.9. The first kappa shape index (κ1) is 40.4. The summed E-state index contributed by atoms with van der Waals surface area (Å²) in [6, 6.07) is 0.168. The Morgan fingerprint density at radius 2 is 1.56 bits per heavy atom. The van der Waals surface area contributed by atoms with E-state index in [2.05, 4.69) is 86.3 Å². The van der Waals surface area contributed by atoms with Gasteiger partial charge in [0.25, 0.3) is 0 Å². The molecule has 2 aliphatic heterocycles. The number of rotatable bonds is 7. The van der Waals surface area contributed by atoms with Gasteiger partial charge in [-0.1, -0.05) is 55.4 Å². The topological polar surface area (TPSA) is 78.9 Å². The van der Waals surface area contributed by atoms with Gasteiger partial charge >= 0.3 is 5.97 Å². The standard InChI is InChI=1S/C36H70N2O7/c1-18-28-36(11,42-17)31(41-16)26(6)38(14)21-22(2)20-34(7,8)30(24(4)35(9,10)25(5)32(39)44-28)45-33-29(40-15)27(37(12)13)19-23(3)43-33/h22-31,33H,18-21H2,1-17H3. The monoisotopic (exact) mass is 643 g/mol. The molecule has 0 aromatic heterocycles. The van der Waals surface area contributed by atoms with Crippen LogP contribution in [0.5, 0.6) is 0 Å². The highest BCUT2D eigenvalue weighted by atomic mass is 16.7. The van der Waals surface area contributed by atoms with Crippen molar-refractivity contribution in [3.05, 3.63) is 0 Å². The van der Waals surface area contributed by atoms with Gasteiger partial charge in [-0.05, 0) is 83.8 Å². The number of likely N-dealkylation sites (N-methyl/N-ethyl adjacent to an activating group) is 2. The fraction of sp³-hybridized carbons (Fsp3) is 0.972. The fourth-order valence-electron chi connectivity index (χ4n) is 8.27. The van der Waals surface area contributed by atoms with Crippen molar-refractivity contribution in [1.29, 1.82) is 0 Å². The van der Waals surface area contributed by atoms with E-state index in [1.165, 1.54) is 0 Å². The van der Waals surface area contributed by atoms with Crippen LogP contribution in [0.2, 0.25) is 0 Å². The number of ether oxygens (including phenoxy) is 6. The van der Waals surface area contributed by atoms with Gasteiger partial charge in [-0.15, -0.1) is 0 Å². The summed E-state index contributed by atoms with van der Waals surface area (Å²) in [5.74, 6) is -0.322. The van der Waals surface area contributed by atoms with Crippen molar-refractivity contribution >= 4 is 5.97 Å². The lowest BCUT2D eigenvalue weighted by atomic mass is 9.62. The quantitative estimate of drug-likeness (QED) is 0.317. The lowest BCUT2D eigenvalue weighted by molar-refractivity contribution is -0.296. The zero-order valence-electron chi connectivity index (χ0n) is 31.9. The lowest BCUT2D eigenvalue weighted by Gasteiger charge is -2.50. The minimum absolute atomic E-state index is 0.00535. The third kappa shape index (κ3) is 8.81. The summed E-state index contributed by atoms with van der Waals surface area (Å²) >= 11 is 0. The van der Waals surface area contributed by atoms with Crippen molar-refractivity contribution < 1.29 is 33.2 Å². The molecule has 0 spiro atoms. The number of hydrogen-bond donors (Lipinski definition) is 0. The molecule has 9 heteroatoms. The van der Waals surface area contributed by atoms with E-state index < -0.39 is 29.3 Å². The summed E-state index contributed by atoms with van der Waals surface area (Å²) in [5.41, 5.74) is -1.57. The van der Waals surface area contributed by atoms with E-state index in [1.807, 2.05) is 20.8 Å². The van der Waals surface area contributed by atoms with Gasteiger partial charge < -0.3 is 38.2 Å². The minimum atomic E-state index is -0.843. The van der Waals surface area contributed by atoms with Gasteiger partial charge in [-0.25, -0.2) is 0 Å². The number of hydrogen-bond acceptors (Lipinski definition) is 9. The van der Waals surface area contributed by atoms with Crippen molar-refractivity contribution in [2.45, 2.75) is 150 Å². The third-order valence-corrected chi connectivity index (χ3v) is 11.8. The van der Waals surface area contributed by atoms with Crippen LogP contribution in [-0.4, -0.2) is 119 Å². The van der Waals surface area contributed by atoms with Crippen LogP contribution < -0.4 is 0 Å². The Labute approximate surface area is 276 Å². The number of carbonyl (C=O) groups excluding carboxylic acids is 1. The summed E-state index contributed by atoms with van der Waals surface area (Å²) in [4.78, 5) is 18.6. The highest BCUT2D eigenvalue weighted by Crippen LogP contribution is 2.47. The van der Waals surface area contributed by atoms with Crippen molar-refractivity contribution in [1.82, 2.24) is 9.80 Å². The Morgan fingerprint density at radius 3 is 2.04 bits per heavy atom. The summed E-state index contributed by atoms with van der Waals surface area (Å²) in [5, 5.41) is 0. The van der Waals surface area contributed by atoms with Gasteiger partial charge in [0, 0.05) is 40.0 Å². The van der Waals surface area contributed by atoms with E-state index in [-0.39, 0.29) is 53.8 Å². The summed E-state index contributed by atoms with van der Waals surface area (Å²) in [6.07, 6.45) is 0.597. The van der Waals surface area contributed by atoms with Crippen LogP contribution in [0.25, 0.3) is 0 Å². The van der Waals surface area contributed by atoms with Gasteiger partial charge in [-0.3, -0.25) is 4.79 Å². The molecule has 2 aliphatic rings. The molecule has 2 fully saturated rings. The molecule has 9 nitrogen and oxygen atoms in total. The van der Waals surface area contributed by atoms with Crippen molar-refractivity contribution in [2.75, 3.05) is 49.0 Å². The van der Waals surface area contributed by atoms with Crippen LogP contribution >= 0.6 is 0 Å². The van der Waals surface area contributed by atoms with Gasteiger partial charge in [0.1, 0.15) is 23.9 Å². The van der Waals surface area contributed by atoms with Crippen LogP contribution in [0.3, 0.4) is 0 Å². The van der Waals surface area contributed by atoms with E-state index in [9.17, 15) is 4.79 Å². The second-order valence-corrected chi connectivity index (χ2v) is 16.0. The van der Waals surface area contributed by atoms with Crippen LogP contribution in [0.15, 0.2) is 0 Å². The molecule has 12 atom stereocenters. The Kier molecular flexibility index (Phi) is 14.4. The highest BCUT2D eigenvalue weighted by molar-refractivity contribution is 5.73. The molecular weight excluding hydrogens is 572 g/mol. The van der Waals surface area contributed by atoms with Crippen LogP contribution in [-0.2, 0) is 33.2 Å². The Bertz CT molecular complexity index is 929. The summed E-state index contributed by atoms with van der Waals surface area (Å²) in [7, 11) is 11.5. The minimum Gasteiger partial charge on any atom is -0.459 e. The molecule has 2 saturated heterocycles. The SMILES string of the molecule is CCC1OC(=O)C(C)C(C)(C)C(C)C(OC2OC(C)CC(N(C)C)C2OC)C(C)(C)CC(C)CN(C)C(C)C(OC)C1(C)OC. The second-order valence-electron chi connectivity index (χ2n) is 16.0. The molecule has 0 amide bonds. The Balaban J connectivity index is 2.66. The molecule has 0 saturated carbocycles. The number of nitrogens with zero attached hydrogens (tertiary/aromatic N) is 2. The number of cyclic esters (lactones) is 1. The van der Waals surface area contributed by atoms with E-state index in [0.717, 1.165) is 19.4 Å². The van der Waals surface area contributed by atoms with Crippen LogP contribution in [0.4, 0.5) is 0 Å². The second kappa shape index (κ2) is 16.1. The maximum atomic E-state index is 14.1. The maximum absolute atomic E-state index is 14.1. The summed E-state index contributed by atoms with van der Waals surface area (Å²) in [6.45, 7) is 24.7. The van der Waals surface area contributed by atoms with Gasteiger partial charge in [0.15, 0.2) is 6.29 Å². The van der Waals surface area contributed by atoms with Crippen molar-refractivity contribution in [2.24, 2.45) is 28.6 Å². The van der Waals surface area contributed by atoms with Gasteiger partial charge in [0.2, 0.25) is 0 Å².